The molecule has 0 N–H and O–H groups in total. The maximum atomic E-state index is 12.9. The van der Waals surface area contributed by atoms with Gasteiger partial charge in [0.15, 0.2) is 6.10 Å². The van der Waals surface area contributed by atoms with Crippen LogP contribution < -0.4 is 0 Å². The number of esters is 3. The predicted molar refractivity (Wildman–Crippen MR) is 353 cm³/mol. The van der Waals surface area contributed by atoms with Gasteiger partial charge in [-0.1, -0.05) is 305 Å². The molecule has 0 heterocycles. The summed E-state index contributed by atoms with van der Waals surface area (Å²) in [4.78, 5) is 38.4. The zero-order valence-corrected chi connectivity index (χ0v) is 53.8. The molecule has 0 aromatic carbocycles. The monoisotopic (exact) mass is 1130 g/mol. The summed E-state index contributed by atoms with van der Waals surface area (Å²) in [6, 6.07) is 0. The molecule has 6 heteroatoms. The quantitative estimate of drug-likeness (QED) is 0.0261. The van der Waals surface area contributed by atoms with Crippen LogP contribution in [0.4, 0.5) is 0 Å². The van der Waals surface area contributed by atoms with E-state index in [1.807, 2.05) is 0 Å². The van der Waals surface area contributed by atoms with Crippen LogP contribution in [0.25, 0.3) is 0 Å². The van der Waals surface area contributed by atoms with Gasteiger partial charge in [0.2, 0.25) is 0 Å². The fourth-order valence-corrected chi connectivity index (χ4v) is 10.1. The highest BCUT2D eigenvalue weighted by Gasteiger charge is 2.19. The third-order valence-electron chi connectivity index (χ3n) is 15.4. The number of hydrogen-bond donors (Lipinski definition) is 0. The minimum absolute atomic E-state index is 0.0813. The summed E-state index contributed by atoms with van der Waals surface area (Å²) in [6.07, 6.45) is 91.8. The molecule has 0 aliphatic heterocycles. The van der Waals surface area contributed by atoms with Gasteiger partial charge in [-0.3, -0.25) is 14.4 Å². The lowest BCUT2D eigenvalue weighted by Crippen LogP contribution is -2.30. The molecule has 0 bridgehead atoms. The number of carbonyl (C=O) groups excluding carboxylic acids is 3. The second-order valence-electron chi connectivity index (χ2n) is 23.4. The van der Waals surface area contributed by atoms with Gasteiger partial charge in [-0.25, -0.2) is 0 Å². The van der Waals surface area contributed by atoms with Crippen LogP contribution in [-0.2, 0) is 28.6 Å². The van der Waals surface area contributed by atoms with Crippen molar-refractivity contribution >= 4 is 17.9 Å². The fraction of sp³-hybridized carbons (Fsp3) is 0.773. The highest BCUT2D eigenvalue weighted by Crippen LogP contribution is 2.17. The highest BCUT2D eigenvalue weighted by atomic mass is 16.6. The van der Waals surface area contributed by atoms with Gasteiger partial charge in [0.1, 0.15) is 13.2 Å². The molecule has 468 valence electrons. The molecular weight excluding hydrogens is 997 g/mol. The van der Waals surface area contributed by atoms with Gasteiger partial charge < -0.3 is 14.2 Å². The third kappa shape index (κ3) is 67.3. The number of hydrogen-bond acceptors (Lipinski definition) is 6. The first kappa shape index (κ1) is 77.6. The highest BCUT2D eigenvalue weighted by molar-refractivity contribution is 5.71. The van der Waals surface area contributed by atoms with E-state index in [2.05, 4.69) is 106 Å². The zero-order chi connectivity index (χ0) is 58.5. The van der Waals surface area contributed by atoms with E-state index in [4.69, 9.17) is 14.2 Å². The molecule has 0 saturated carbocycles. The predicted octanol–water partition coefficient (Wildman–Crippen LogP) is 24.2. The van der Waals surface area contributed by atoms with Crippen LogP contribution >= 0.6 is 0 Å². The maximum Gasteiger partial charge on any atom is 0.306 e. The number of ether oxygens (including phenoxy) is 3. The number of rotatable bonds is 64. The number of allylic oxidation sites excluding steroid dienone is 14. The molecule has 1 unspecified atom stereocenters. The lowest BCUT2D eigenvalue weighted by atomic mass is 10.0. The van der Waals surface area contributed by atoms with E-state index in [1.54, 1.807) is 0 Å². The molecule has 0 aliphatic rings. The van der Waals surface area contributed by atoms with Crippen LogP contribution in [0, 0.1) is 0 Å². The SMILES string of the molecule is CC/C=C\C/C=C\C/C=C\CCCCCCCC(=O)OCC(COC(=O)CCCCCCCCCCCCCCCCCCC/C=C\C/C=C\CCCCCCC)OC(=O)CCCCCCCCCCC/C=C\C/C=C\CCCCC. The summed E-state index contributed by atoms with van der Waals surface area (Å²) in [7, 11) is 0. The maximum absolute atomic E-state index is 12.9. The normalized spacial score (nSPS) is 12.6. The Bertz CT molecular complexity index is 1530. The Morgan fingerprint density at radius 3 is 0.778 bits per heavy atom. The molecule has 0 aromatic heterocycles. The average Bonchev–Trinajstić information content (AvgIpc) is 3.47. The summed E-state index contributed by atoms with van der Waals surface area (Å²) < 4.78 is 17.0. The summed E-state index contributed by atoms with van der Waals surface area (Å²) >= 11 is 0. The lowest BCUT2D eigenvalue weighted by molar-refractivity contribution is -0.167. The van der Waals surface area contributed by atoms with Crippen LogP contribution in [-0.4, -0.2) is 37.2 Å². The van der Waals surface area contributed by atoms with E-state index in [9.17, 15) is 14.4 Å². The van der Waals surface area contributed by atoms with E-state index in [1.165, 1.54) is 205 Å². The summed E-state index contributed by atoms with van der Waals surface area (Å²) in [5.41, 5.74) is 0. The first-order valence-electron chi connectivity index (χ1n) is 35.1. The Hall–Kier alpha value is -3.41. The van der Waals surface area contributed by atoms with Gasteiger partial charge in [0.25, 0.3) is 0 Å². The topological polar surface area (TPSA) is 78.9 Å². The smallest absolute Gasteiger partial charge is 0.306 e. The average molecular weight is 1130 g/mol. The standard InChI is InChI=1S/C75H132O6/c1-4-7-10-13-16-19-22-25-28-30-32-33-34-35-36-37-38-39-40-41-43-44-47-50-53-56-59-62-65-68-74(77)80-71-72(70-79-73(76)67-64-61-58-55-52-49-46-27-24-21-18-15-12-9-6-3)81-75(78)69-66-63-60-57-54-51-48-45-42-31-29-26-23-20-17-14-11-8-5-2/h9,12,17-18,20-22,25-27,29-30,32,46,72H,4-8,10-11,13-16,19,23-24,28,31,33-45,47-71H2,1-3H3/b12-9-,20-17-,21-18-,25-22-,29-26-,32-30-,46-27-. The molecule has 81 heavy (non-hydrogen) atoms. The van der Waals surface area contributed by atoms with Gasteiger partial charge in [-0.2, -0.15) is 0 Å². The van der Waals surface area contributed by atoms with Crippen molar-refractivity contribution in [2.45, 2.75) is 361 Å². The molecule has 0 aromatic rings. The van der Waals surface area contributed by atoms with Crippen molar-refractivity contribution in [1.29, 1.82) is 0 Å². The van der Waals surface area contributed by atoms with Crippen molar-refractivity contribution in [1.82, 2.24) is 0 Å². The molecular formula is C75H132O6. The van der Waals surface area contributed by atoms with Gasteiger partial charge in [0.05, 0.1) is 0 Å². The van der Waals surface area contributed by atoms with Gasteiger partial charge >= 0.3 is 17.9 Å². The molecule has 0 saturated heterocycles. The second-order valence-corrected chi connectivity index (χ2v) is 23.4. The van der Waals surface area contributed by atoms with Crippen LogP contribution in [0.15, 0.2) is 85.1 Å². The summed E-state index contributed by atoms with van der Waals surface area (Å²) in [5.74, 6) is -0.886. The van der Waals surface area contributed by atoms with Gasteiger partial charge in [0, 0.05) is 19.3 Å². The fourth-order valence-electron chi connectivity index (χ4n) is 10.1. The first-order valence-corrected chi connectivity index (χ1v) is 35.1. The van der Waals surface area contributed by atoms with Crippen molar-refractivity contribution < 1.29 is 28.6 Å². The van der Waals surface area contributed by atoms with Crippen LogP contribution in [0.2, 0.25) is 0 Å². The Morgan fingerprint density at radius 1 is 0.259 bits per heavy atom. The molecule has 0 fully saturated rings. The van der Waals surface area contributed by atoms with Crippen molar-refractivity contribution in [2.75, 3.05) is 13.2 Å². The van der Waals surface area contributed by atoms with Crippen molar-refractivity contribution in [3.63, 3.8) is 0 Å². The molecule has 0 radical (unpaired) electrons. The second kappa shape index (κ2) is 69.1. The van der Waals surface area contributed by atoms with Gasteiger partial charge in [-0.15, -0.1) is 0 Å². The summed E-state index contributed by atoms with van der Waals surface area (Å²) in [6.45, 7) is 6.52. The van der Waals surface area contributed by atoms with E-state index in [-0.39, 0.29) is 31.1 Å². The Labute approximate surface area is 503 Å². The largest absolute Gasteiger partial charge is 0.462 e. The first-order chi connectivity index (χ1) is 40.0. The molecule has 1 atom stereocenters. The Kier molecular flexibility index (Phi) is 66.2. The van der Waals surface area contributed by atoms with Crippen LogP contribution in [0.5, 0.6) is 0 Å². The molecule has 0 amide bonds. The van der Waals surface area contributed by atoms with E-state index >= 15 is 0 Å². The zero-order valence-electron chi connectivity index (χ0n) is 53.8. The lowest BCUT2D eigenvalue weighted by Gasteiger charge is -2.18. The van der Waals surface area contributed by atoms with Crippen LogP contribution in [0.3, 0.4) is 0 Å². The van der Waals surface area contributed by atoms with E-state index < -0.39 is 6.10 Å². The Morgan fingerprint density at radius 2 is 0.481 bits per heavy atom. The van der Waals surface area contributed by atoms with E-state index in [0.717, 1.165) is 109 Å². The van der Waals surface area contributed by atoms with Crippen LogP contribution in [0.1, 0.15) is 355 Å². The number of unbranched alkanes of at least 4 members (excludes halogenated alkanes) is 39. The van der Waals surface area contributed by atoms with Crippen molar-refractivity contribution in [3.8, 4) is 0 Å². The minimum atomic E-state index is -0.787. The third-order valence-corrected chi connectivity index (χ3v) is 15.4. The molecule has 0 aliphatic carbocycles. The Balaban J connectivity index is 4.26. The molecule has 0 spiro atoms. The molecule has 6 nitrogen and oxygen atoms in total. The van der Waals surface area contributed by atoms with Crippen molar-refractivity contribution in [3.05, 3.63) is 85.1 Å². The van der Waals surface area contributed by atoms with Gasteiger partial charge in [-0.05, 0) is 116 Å². The molecule has 0 rings (SSSR count). The number of carbonyl (C=O) groups is 3. The minimum Gasteiger partial charge on any atom is -0.462 e. The summed E-state index contributed by atoms with van der Waals surface area (Å²) in [5, 5.41) is 0. The van der Waals surface area contributed by atoms with Crippen molar-refractivity contribution in [2.24, 2.45) is 0 Å². The van der Waals surface area contributed by atoms with E-state index in [0.29, 0.717) is 19.3 Å².